The monoisotopic (exact) mass is 516 g/mol. The Morgan fingerprint density at radius 3 is 1.03 bits per heavy atom. The van der Waals surface area contributed by atoms with E-state index in [9.17, 15) is 9.59 Å². The van der Waals surface area contributed by atoms with E-state index in [0.717, 1.165) is 38.5 Å². The highest BCUT2D eigenvalue weighted by atomic mass is 32.2. The van der Waals surface area contributed by atoms with Gasteiger partial charge in [-0.3, -0.25) is 9.59 Å². The third kappa shape index (κ3) is 8.58. The molecule has 2 nitrogen and oxygen atoms in total. The summed E-state index contributed by atoms with van der Waals surface area (Å²) in [7, 11) is 0. The highest BCUT2D eigenvalue weighted by molar-refractivity contribution is 8.13. The second-order valence-corrected chi connectivity index (χ2v) is 10.8. The minimum atomic E-state index is 0.0768. The molecule has 0 atom stereocenters. The summed E-state index contributed by atoms with van der Waals surface area (Å²) in [5.41, 5.74) is 6.21. The van der Waals surface area contributed by atoms with Crippen LogP contribution in [-0.2, 0) is 16.0 Å². The van der Waals surface area contributed by atoms with Gasteiger partial charge < -0.3 is 0 Å². The minimum absolute atomic E-state index is 0.0768. The van der Waals surface area contributed by atoms with Crippen molar-refractivity contribution in [3.63, 3.8) is 0 Å². The number of hydrogen-bond donors (Lipinski definition) is 0. The second-order valence-electron chi connectivity index (χ2n) is 8.31. The average molecular weight is 517 g/mol. The van der Waals surface area contributed by atoms with E-state index in [2.05, 4.69) is 47.9 Å². The molecule has 4 aromatic carbocycles. The van der Waals surface area contributed by atoms with E-state index in [0.29, 0.717) is 0 Å². The Hall–Kier alpha value is -3.96. The van der Waals surface area contributed by atoms with Gasteiger partial charge in [-0.2, -0.15) is 0 Å². The predicted molar refractivity (Wildman–Crippen MR) is 154 cm³/mol. The zero-order valence-electron chi connectivity index (χ0n) is 20.6. The smallest absolute Gasteiger partial charge is 0.190 e. The first-order valence-electron chi connectivity index (χ1n) is 11.7. The molecule has 0 unspecified atom stereocenters. The van der Waals surface area contributed by atoms with Crippen molar-refractivity contribution in [3.05, 3.63) is 130 Å². The highest BCUT2D eigenvalue weighted by Gasteiger charge is 2.00. The lowest BCUT2D eigenvalue weighted by Gasteiger charge is -2.03. The SMILES string of the molecule is CC(=O)Sc1ccc(C#Cc2ccc(Cc3ccc(C#Cc4ccc(SC(C)=O)cc4)cc3)cc2)cc1. The molecule has 0 saturated carbocycles. The first-order valence-corrected chi connectivity index (χ1v) is 13.4. The Morgan fingerprint density at radius 2 is 0.757 bits per heavy atom. The molecule has 0 N–H and O–H groups in total. The van der Waals surface area contributed by atoms with Crippen LogP contribution in [0.2, 0.25) is 0 Å². The van der Waals surface area contributed by atoms with Gasteiger partial charge in [0.2, 0.25) is 0 Å². The van der Waals surface area contributed by atoms with Crippen molar-refractivity contribution in [1.82, 2.24) is 0 Å². The van der Waals surface area contributed by atoms with Crippen molar-refractivity contribution in [2.45, 2.75) is 30.1 Å². The maximum atomic E-state index is 11.2. The molecule has 4 rings (SSSR count). The normalized spacial score (nSPS) is 10.0. The summed E-state index contributed by atoms with van der Waals surface area (Å²) in [6.07, 6.45) is 0.839. The van der Waals surface area contributed by atoms with Crippen LogP contribution in [0.4, 0.5) is 0 Å². The van der Waals surface area contributed by atoms with Crippen molar-refractivity contribution in [3.8, 4) is 23.7 Å². The molecule has 0 fully saturated rings. The molecular formula is C33H24O2S2. The summed E-state index contributed by atoms with van der Waals surface area (Å²) in [5, 5.41) is 0.154. The molecule has 0 aromatic heterocycles. The molecule has 0 aliphatic rings. The van der Waals surface area contributed by atoms with Gasteiger partial charge in [-0.05, 0) is 90.3 Å². The fourth-order valence-electron chi connectivity index (χ4n) is 3.48. The van der Waals surface area contributed by atoms with Crippen LogP contribution in [0.25, 0.3) is 0 Å². The Labute approximate surface area is 226 Å². The lowest BCUT2D eigenvalue weighted by molar-refractivity contribution is -0.109. The fraction of sp³-hybridized carbons (Fsp3) is 0.0909. The number of hydrogen-bond acceptors (Lipinski definition) is 4. The molecule has 37 heavy (non-hydrogen) atoms. The van der Waals surface area contributed by atoms with Crippen LogP contribution in [0.5, 0.6) is 0 Å². The van der Waals surface area contributed by atoms with E-state index in [-0.39, 0.29) is 10.2 Å². The van der Waals surface area contributed by atoms with Gasteiger partial charge >= 0.3 is 0 Å². The van der Waals surface area contributed by atoms with E-state index >= 15 is 0 Å². The molecule has 0 amide bonds. The molecule has 180 valence electrons. The Bertz CT molecular complexity index is 1390. The molecule has 0 aliphatic heterocycles. The summed E-state index contributed by atoms with van der Waals surface area (Å²) in [5.74, 6) is 12.8. The van der Waals surface area contributed by atoms with E-state index in [4.69, 9.17) is 0 Å². The quantitative estimate of drug-likeness (QED) is 0.210. The Kier molecular flexibility index (Phi) is 9.06. The number of carbonyl (C=O) groups is 2. The van der Waals surface area contributed by atoms with Crippen molar-refractivity contribution in [2.24, 2.45) is 0 Å². The number of carbonyl (C=O) groups excluding carboxylic acids is 2. The first-order chi connectivity index (χ1) is 17.9. The van der Waals surface area contributed by atoms with Crippen molar-refractivity contribution < 1.29 is 9.59 Å². The molecule has 0 heterocycles. The van der Waals surface area contributed by atoms with E-state index in [1.807, 2.05) is 72.8 Å². The van der Waals surface area contributed by atoms with Gasteiger partial charge in [0.15, 0.2) is 10.2 Å². The molecule has 4 aromatic rings. The molecule has 0 spiro atoms. The molecule has 4 heteroatoms. The summed E-state index contributed by atoms with van der Waals surface area (Å²) >= 11 is 2.45. The van der Waals surface area contributed by atoms with E-state index in [1.54, 1.807) is 13.8 Å². The van der Waals surface area contributed by atoms with Crippen LogP contribution in [0.1, 0.15) is 47.2 Å². The molecule has 0 radical (unpaired) electrons. The number of thioether (sulfide) groups is 2. The number of benzene rings is 4. The number of rotatable bonds is 4. The van der Waals surface area contributed by atoms with Crippen LogP contribution in [0.3, 0.4) is 0 Å². The summed E-state index contributed by atoms with van der Waals surface area (Å²) in [4.78, 5) is 24.2. The van der Waals surface area contributed by atoms with Gasteiger partial charge in [0.25, 0.3) is 0 Å². The molecular weight excluding hydrogens is 492 g/mol. The van der Waals surface area contributed by atoms with Crippen LogP contribution in [0.15, 0.2) is 107 Å². The lowest BCUT2D eigenvalue weighted by atomic mass is 10.0. The van der Waals surface area contributed by atoms with Gasteiger partial charge in [0.1, 0.15) is 0 Å². The maximum absolute atomic E-state index is 11.2. The zero-order chi connectivity index (χ0) is 26.0. The van der Waals surface area contributed by atoms with Crippen molar-refractivity contribution in [1.29, 1.82) is 0 Å². The Balaban J connectivity index is 1.33. The maximum Gasteiger partial charge on any atom is 0.190 e. The highest BCUT2D eigenvalue weighted by Crippen LogP contribution is 2.20. The molecule has 0 bridgehead atoms. The topological polar surface area (TPSA) is 34.1 Å². The summed E-state index contributed by atoms with van der Waals surface area (Å²) in [6.45, 7) is 3.13. The summed E-state index contributed by atoms with van der Waals surface area (Å²) < 4.78 is 0. The van der Waals surface area contributed by atoms with Gasteiger partial charge in [0, 0.05) is 45.9 Å². The lowest BCUT2D eigenvalue weighted by Crippen LogP contribution is -1.89. The summed E-state index contributed by atoms with van der Waals surface area (Å²) in [6, 6.07) is 32.0. The van der Waals surface area contributed by atoms with Crippen LogP contribution in [-0.4, -0.2) is 10.2 Å². The van der Waals surface area contributed by atoms with Gasteiger partial charge in [-0.15, -0.1) is 0 Å². The van der Waals surface area contributed by atoms with Crippen molar-refractivity contribution in [2.75, 3.05) is 0 Å². The Morgan fingerprint density at radius 1 is 0.486 bits per heavy atom. The standard InChI is InChI=1S/C33H24O2S2/c1-24(34)36-32-19-15-28(16-20-32)5-3-26-7-11-30(12-8-26)23-31-13-9-27(10-14-31)4-6-29-17-21-33(22-18-29)37-25(2)35/h7-22H,23H2,1-2H3. The van der Waals surface area contributed by atoms with Crippen LogP contribution < -0.4 is 0 Å². The molecule has 0 aliphatic carbocycles. The average Bonchev–Trinajstić information content (AvgIpc) is 2.89. The van der Waals surface area contributed by atoms with Gasteiger partial charge in [-0.1, -0.05) is 71.5 Å². The molecule has 0 saturated heterocycles. The van der Waals surface area contributed by atoms with Crippen molar-refractivity contribution >= 4 is 33.8 Å². The largest absolute Gasteiger partial charge is 0.287 e. The van der Waals surface area contributed by atoms with E-state index < -0.39 is 0 Å². The van der Waals surface area contributed by atoms with Gasteiger partial charge in [-0.25, -0.2) is 0 Å². The zero-order valence-corrected chi connectivity index (χ0v) is 22.2. The predicted octanol–water partition coefficient (Wildman–Crippen LogP) is 7.35. The van der Waals surface area contributed by atoms with Crippen LogP contribution in [0, 0.1) is 23.7 Å². The third-order valence-electron chi connectivity index (χ3n) is 5.25. The van der Waals surface area contributed by atoms with Gasteiger partial charge in [0.05, 0.1) is 0 Å². The third-order valence-corrected chi connectivity index (χ3v) is 6.84. The first kappa shape index (κ1) is 26.1. The fourth-order valence-corrected chi connectivity index (χ4v) is 4.69. The van der Waals surface area contributed by atoms with E-state index in [1.165, 1.54) is 34.7 Å². The second kappa shape index (κ2) is 12.8. The minimum Gasteiger partial charge on any atom is -0.287 e. The van der Waals surface area contributed by atoms with Crippen LogP contribution >= 0.6 is 23.5 Å².